The van der Waals surface area contributed by atoms with Crippen LogP contribution in [0.3, 0.4) is 0 Å². The Morgan fingerprint density at radius 3 is 2.12 bits per heavy atom. The molecule has 2 heterocycles. The molecule has 1 aromatic heterocycles. The molecule has 0 unspecified atom stereocenters. The normalized spacial score (nSPS) is 13.3. The van der Waals surface area contributed by atoms with Crippen LogP contribution in [0.4, 0.5) is 0 Å². The number of imidazole rings is 1. The van der Waals surface area contributed by atoms with E-state index in [1.54, 1.807) is 0 Å². The number of aliphatic imine (C=N–C) groups is 1. The predicted octanol–water partition coefficient (Wildman–Crippen LogP) is 6.77. The van der Waals surface area contributed by atoms with Crippen LogP contribution >= 0.6 is 0 Å². The summed E-state index contributed by atoms with van der Waals surface area (Å²) < 4.78 is 0. The first-order valence-electron chi connectivity index (χ1n) is 11.6. The highest BCUT2D eigenvalue weighted by Gasteiger charge is 2.19. The number of hydrogen-bond acceptors (Lipinski definition) is 3. The number of benzene rings is 3. The number of allylic oxidation sites excluding steroid dienone is 3. The second-order valence-electron chi connectivity index (χ2n) is 8.62. The summed E-state index contributed by atoms with van der Waals surface area (Å²) in [6.45, 7) is 4.17. The van der Waals surface area contributed by atoms with Crippen LogP contribution in [0.25, 0.3) is 11.4 Å². The van der Waals surface area contributed by atoms with E-state index < -0.39 is 0 Å². The van der Waals surface area contributed by atoms with Crippen LogP contribution in [-0.2, 0) is 6.42 Å². The number of rotatable bonds is 6. The van der Waals surface area contributed by atoms with Crippen LogP contribution in [0.1, 0.15) is 34.1 Å². The number of H-pyrrole nitrogens is 1. The summed E-state index contributed by atoms with van der Waals surface area (Å²) in [6.07, 6.45) is 8.84. The first-order valence-corrected chi connectivity index (χ1v) is 11.6. The van der Waals surface area contributed by atoms with Crippen molar-refractivity contribution >= 4 is 6.34 Å². The zero-order valence-electron chi connectivity index (χ0n) is 19.5. The van der Waals surface area contributed by atoms with Gasteiger partial charge in [-0.05, 0) is 37.1 Å². The van der Waals surface area contributed by atoms with Crippen molar-refractivity contribution in [3.05, 3.63) is 137 Å². The van der Waals surface area contributed by atoms with Gasteiger partial charge in [-0.15, -0.1) is 0 Å². The molecule has 1 aliphatic rings. The Hall–Kier alpha value is -4.18. The first-order chi connectivity index (χ1) is 16.7. The van der Waals surface area contributed by atoms with Gasteiger partial charge in [0.1, 0.15) is 5.82 Å². The second-order valence-corrected chi connectivity index (χ2v) is 8.62. The van der Waals surface area contributed by atoms with E-state index >= 15 is 0 Å². The molecule has 0 spiro atoms. The average molecular weight is 445 g/mol. The van der Waals surface area contributed by atoms with Gasteiger partial charge in [-0.3, -0.25) is 0 Å². The van der Waals surface area contributed by atoms with Crippen LogP contribution in [0.15, 0.2) is 114 Å². The van der Waals surface area contributed by atoms with Crippen molar-refractivity contribution in [1.29, 1.82) is 0 Å². The maximum absolute atomic E-state index is 4.88. The number of aromatic nitrogens is 2. The topological polar surface area (TPSA) is 44.3 Å². The van der Waals surface area contributed by atoms with Crippen LogP contribution in [0.2, 0.25) is 0 Å². The van der Waals surface area contributed by atoms with E-state index in [1.807, 2.05) is 6.34 Å². The summed E-state index contributed by atoms with van der Waals surface area (Å²) in [5, 5.41) is 0. The summed E-state index contributed by atoms with van der Waals surface area (Å²) in [5.74, 6) is 0.899. The molecule has 0 fully saturated rings. The van der Waals surface area contributed by atoms with Gasteiger partial charge in [0.25, 0.3) is 0 Å². The maximum atomic E-state index is 4.88. The highest BCUT2D eigenvalue weighted by Crippen LogP contribution is 2.29. The molecule has 0 atom stereocenters. The van der Waals surface area contributed by atoms with Crippen molar-refractivity contribution in [2.24, 2.45) is 4.99 Å². The molecule has 34 heavy (non-hydrogen) atoms. The number of hydrogen-bond donors (Lipinski definition) is 1. The van der Waals surface area contributed by atoms with E-state index in [-0.39, 0.29) is 6.04 Å². The van der Waals surface area contributed by atoms with E-state index in [1.165, 1.54) is 16.7 Å². The Kier molecular flexibility index (Phi) is 6.21. The monoisotopic (exact) mass is 444 g/mol. The Balaban J connectivity index is 1.38. The van der Waals surface area contributed by atoms with Crippen molar-refractivity contribution in [3.8, 4) is 11.4 Å². The molecule has 0 saturated carbocycles. The number of aryl methyl sites for hydroxylation is 2. The maximum Gasteiger partial charge on any atom is 0.137 e. The lowest BCUT2D eigenvalue weighted by Gasteiger charge is -2.27. The van der Waals surface area contributed by atoms with Gasteiger partial charge < -0.3 is 9.88 Å². The molecule has 1 aliphatic heterocycles. The van der Waals surface area contributed by atoms with Crippen molar-refractivity contribution in [3.63, 3.8) is 0 Å². The lowest BCUT2D eigenvalue weighted by Crippen LogP contribution is -2.23. The van der Waals surface area contributed by atoms with Gasteiger partial charge in [0.15, 0.2) is 0 Å². The Bertz CT molecular complexity index is 1290. The summed E-state index contributed by atoms with van der Waals surface area (Å²) in [6, 6.07) is 29.6. The molecule has 1 N–H and O–H groups in total. The highest BCUT2D eigenvalue weighted by molar-refractivity contribution is 5.62. The fraction of sp³-hybridized carbons (Fsp3) is 0.133. The molecular weight excluding hydrogens is 416 g/mol. The number of nitrogens with zero attached hydrogens (tertiary/aromatic N) is 3. The summed E-state index contributed by atoms with van der Waals surface area (Å²) in [4.78, 5) is 15.3. The molecular formula is C30H28N4. The molecule has 5 rings (SSSR count). The lowest BCUT2D eigenvalue weighted by atomic mass is 9.98. The number of nitrogens with one attached hydrogen (secondary N) is 1. The molecule has 0 aliphatic carbocycles. The minimum absolute atomic E-state index is 0.0513. The van der Waals surface area contributed by atoms with Gasteiger partial charge in [0.2, 0.25) is 0 Å². The van der Waals surface area contributed by atoms with Crippen molar-refractivity contribution in [1.82, 2.24) is 14.9 Å². The third-order valence-electron chi connectivity index (χ3n) is 6.09. The molecule has 4 aromatic rings. The van der Waals surface area contributed by atoms with Gasteiger partial charge >= 0.3 is 0 Å². The summed E-state index contributed by atoms with van der Waals surface area (Å²) in [5.41, 5.74) is 7.84. The van der Waals surface area contributed by atoms with Crippen molar-refractivity contribution in [2.45, 2.75) is 26.3 Å². The summed E-state index contributed by atoms with van der Waals surface area (Å²) in [7, 11) is 0. The third-order valence-corrected chi connectivity index (χ3v) is 6.09. The Labute approximate surface area is 201 Å². The SMILES string of the molecule is Cc1ccc(-c2nc(CC3=CC=CN(C(c4ccccc4)c4ccccc4)C=N3)c(C)[nH]2)cc1. The van der Waals surface area contributed by atoms with Gasteiger partial charge in [0, 0.05) is 29.6 Å². The minimum atomic E-state index is 0.0513. The fourth-order valence-electron chi connectivity index (χ4n) is 4.23. The molecule has 0 saturated heterocycles. The van der Waals surface area contributed by atoms with Crippen molar-refractivity contribution in [2.75, 3.05) is 0 Å². The van der Waals surface area contributed by atoms with Gasteiger partial charge in [-0.1, -0.05) is 90.5 Å². The van der Waals surface area contributed by atoms with E-state index in [4.69, 9.17) is 9.98 Å². The second kappa shape index (κ2) is 9.75. The standard InChI is InChI=1S/C30H28N4/c1-22-15-17-26(18-16-22)30-32-23(2)28(33-30)20-27-14-9-19-34(21-31-27)29(24-10-5-3-6-11-24)25-12-7-4-8-13-25/h3-19,21,29H,20H2,1-2H3,(H,32,33). The largest absolute Gasteiger partial charge is 0.342 e. The van der Waals surface area contributed by atoms with Crippen LogP contribution in [0.5, 0.6) is 0 Å². The number of aromatic amines is 1. The van der Waals surface area contributed by atoms with E-state index in [0.29, 0.717) is 6.42 Å². The molecule has 168 valence electrons. The third kappa shape index (κ3) is 4.76. The lowest BCUT2D eigenvalue weighted by molar-refractivity contribution is 0.484. The van der Waals surface area contributed by atoms with Crippen molar-refractivity contribution < 1.29 is 0 Å². The van der Waals surface area contributed by atoms with Crippen LogP contribution in [-0.4, -0.2) is 21.2 Å². The Morgan fingerprint density at radius 1 is 0.824 bits per heavy atom. The minimum Gasteiger partial charge on any atom is -0.342 e. The fourth-order valence-corrected chi connectivity index (χ4v) is 4.23. The summed E-state index contributed by atoms with van der Waals surface area (Å²) >= 11 is 0. The smallest absolute Gasteiger partial charge is 0.137 e. The van der Waals surface area contributed by atoms with E-state index in [9.17, 15) is 0 Å². The molecule has 4 heteroatoms. The zero-order valence-corrected chi connectivity index (χ0v) is 19.5. The van der Waals surface area contributed by atoms with Gasteiger partial charge in [-0.2, -0.15) is 0 Å². The molecule has 0 bridgehead atoms. The molecule has 0 amide bonds. The zero-order chi connectivity index (χ0) is 23.3. The quantitative estimate of drug-likeness (QED) is 0.357. The average Bonchev–Trinajstić information content (AvgIpc) is 3.08. The Morgan fingerprint density at radius 2 is 1.47 bits per heavy atom. The van der Waals surface area contributed by atoms with Gasteiger partial charge in [-0.25, -0.2) is 9.98 Å². The molecule has 4 nitrogen and oxygen atoms in total. The van der Waals surface area contributed by atoms with Crippen LogP contribution in [0, 0.1) is 13.8 Å². The van der Waals surface area contributed by atoms with Crippen LogP contribution < -0.4 is 0 Å². The first kappa shape index (κ1) is 21.7. The predicted molar refractivity (Wildman–Crippen MR) is 139 cm³/mol. The van der Waals surface area contributed by atoms with E-state index in [0.717, 1.165) is 28.5 Å². The molecule has 3 aromatic carbocycles. The highest BCUT2D eigenvalue weighted by atomic mass is 15.2. The van der Waals surface area contributed by atoms with E-state index in [2.05, 4.69) is 127 Å². The van der Waals surface area contributed by atoms with Gasteiger partial charge in [0.05, 0.1) is 18.1 Å². The molecule has 0 radical (unpaired) electrons.